The lowest BCUT2D eigenvalue weighted by Gasteiger charge is -2.12. The van der Waals surface area contributed by atoms with Gasteiger partial charge in [0.1, 0.15) is 5.56 Å². The number of aryl methyl sites for hydroxylation is 1. The molecule has 1 aliphatic rings. The van der Waals surface area contributed by atoms with Crippen LogP contribution in [0.25, 0.3) is 0 Å². The van der Waals surface area contributed by atoms with Crippen LogP contribution in [-0.2, 0) is 0 Å². The Morgan fingerprint density at radius 1 is 1.63 bits per heavy atom. The third-order valence-corrected chi connectivity index (χ3v) is 3.04. The standard InChI is InChI=1S/C12H14F2N2O3/c1-6-9(10(11(13)14)19-16-6)12(18)15-8-3-2-7(4-8)5-17/h2-3,7-8,11,17H,4-5H2,1H3,(H,15,18)/t7-,8+/m0/s1. The fourth-order valence-corrected chi connectivity index (χ4v) is 2.07. The quantitative estimate of drug-likeness (QED) is 0.816. The molecule has 1 heterocycles. The van der Waals surface area contributed by atoms with Gasteiger partial charge in [0.05, 0.1) is 5.69 Å². The number of aliphatic hydroxyl groups is 1. The van der Waals surface area contributed by atoms with Crippen LogP contribution in [0.4, 0.5) is 8.78 Å². The molecule has 5 nitrogen and oxygen atoms in total. The van der Waals surface area contributed by atoms with Crippen molar-refractivity contribution in [2.45, 2.75) is 25.8 Å². The Morgan fingerprint density at radius 2 is 2.37 bits per heavy atom. The van der Waals surface area contributed by atoms with Crippen molar-refractivity contribution in [3.05, 3.63) is 29.2 Å². The summed E-state index contributed by atoms with van der Waals surface area (Å²) in [6.07, 6.45) is 1.20. The number of nitrogens with one attached hydrogen (secondary N) is 1. The van der Waals surface area contributed by atoms with Gasteiger partial charge >= 0.3 is 0 Å². The van der Waals surface area contributed by atoms with Gasteiger partial charge in [-0.3, -0.25) is 4.79 Å². The highest BCUT2D eigenvalue weighted by atomic mass is 19.3. The van der Waals surface area contributed by atoms with E-state index in [1.54, 1.807) is 12.2 Å². The second kappa shape index (κ2) is 5.48. The SMILES string of the molecule is Cc1noc(C(F)F)c1C(=O)N[C@@H]1C=C[C@H](CO)C1. The summed E-state index contributed by atoms with van der Waals surface area (Å²) in [6, 6.07) is -0.274. The van der Waals surface area contributed by atoms with E-state index < -0.39 is 18.1 Å². The minimum absolute atomic E-state index is 0.00253. The summed E-state index contributed by atoms with van der Waals surface area (Å²) in [5.74, 6) is -1.36. The van der Waals surface area contributed by atoms with Gasteiger partial charge in [-0.25, -0.2) is 8.78 Å². The molecular weight excluding hydrogens is 258 g/mol. The molecule has 7 heteroatoms. The largest absolute Gasteiger partial charge is 0.396 e. The summed E-state index contributed by atoms with van der Waals surface area (Å²) in [5, 5.41) is 15.0. The van der Waals surface area contributed by atoms with Crippen LogP contribution in [0.15, 0.2) is 16.7 Å². The summed E-state index contributed by atoms with van der Waals surface area (Å²) in [6.45, 7) is 1.43. The molecule has 0 aliphatic heterocycles. The molecule has 1 aliphatic carbocycles. The molecule has 1 aromatic rings. The summed E-state index contributed by atoms with van der Waals surface area (Å²) in [7, 11) is 0. The number of halogens is 2. The lowest BCUT2D eigenvalue weighted by Crippen LogP contribution is -2.33. The van der Waals surface area contributed by atoms with E-state index in [4.69, 9.17) is 5.11 Å². The van der Waals surface area contributed by atoms with E-state index in [0.717, 1.165) is 0 Å². The van der Waals surface area contributed by atoms with Gasteiger partial charge in [0.2, 0.25) is 5.76 Å². The Morgan fingerprint density at radius 3 is 2.95 bits per heavy atom. The molecule has 0 spiro atoms. The second-order valence-corrected chi connectivity index (χ2v) is 4.45. The molecule has 0 aromatic carbocycles. The van der Waals surface area contributed by atoms with Crippen LogP contribution in [0.2, 0.25) is 0 Å². The van der Waals surface area contributed by atoms with E-state index in [9.17, 15) is 13.6 Å². The third-order valence-electron chi connectivity index (χ3n) is 3.04. The van der Waals surface area contributed by atoms with Crippen LogP contribution in [0.1, 0.15) is 34.7 Å². The maximum Gasteiger partial charge on any atom is 0.298 e. The van der Waals surface area contributed by atoms with E-state index >= 15 is 0 Å². The Balaban J connectivity index is 2.09. The molecule has 104 valence electrons. The zero-order valence-electron chi connectivity index (χ0n) is 10.3. The molecule has 0 fully saturated rings. The number of carbonyl (C=O) groups is 1. The van der Waals surface area contributed by atoms with E-state index in [-0.39, 0.29) is 29.8 Å². The summed E-state index contributed by atoms with van der Waals surface area (Å²) < 4.78 is 29.8. The summed E-state index contributed by atoms with van der Waals surface area (Å²) >= 11 is 0. The highest BCUT2D eigenvalue weighted by molar-refractivity contribution is 5.96. The van der Waals surface area contributed by atoms with E-state index in [2.05, 4.69) is 15.0 Å². The van der Waals surface area contributed by atoms with Crippen LogP contribution in [-0.4, -0.2) is 28.8 Å². The van der Waals surface area contributed by atoms with Crippen LogP contribution in [0.3, 0.4) is 0 Å². The molecule has 0 bridgehead atoms. The number of aromatic nitrogens is 1. The Kier molecular flexibility index (Phi) is 3.94. The van der Waals surface area contributed by atoms with Crippen LogP contribution >= 0.6 is 0 Å². The predicted octanol–water partition coefficient (Wildman–Crippen LogP) is 1.59. The zero-order chi connectivity index (χ0) is 14.0. The number of amides is 1. The second-order valence-electron chi connectivity index (χ2n) is 4.45. The minimum atomic E-state index is -2.88. The molecular formula is C12H14F2N2O3. The number of carbonyl (C=O) groups excluding carboxylic acids is 1. The number of hydrogen-bond acceptors (Lipinski definition) is 4. The first kappa shape index (κ1) is 13.7. The van der Waals surface area contributed by atoms with Gasteiger partial charge < -0.3 is 14.9 Å². The number of alkyl halides is 2. The first-order valence-electron chi connectivity index (χ1n) is 5.87. The summed E-state index contributed by atoms with van der Waals surface area (Å²) in [5.41, 5.74) is -0.0793. The van der Waals surface area contributed by atoms with Crippen LogP contribution in [0, 0.1) is 12.8 Å². The minimum Gasteiger partial charge on any atom is -0.396 e. The van der Waals surface area contributed by atoms with Gasteiger partial charge in [-0.2, -0.15) is 0 Å². The lowest BCUT2D eigenvalue weighted by atomic mass is 10.1. The molecule has 19 heavy (non-hydrogen) atoms. The highest BCUT2D eigenvalue weighted by Crippen LogP contribution is 2.25. The smallest absolute Gasteiger partial charge is 0.298 e. The molecule has 1 aromatic heterocycles. The number of nitrogens with zero attached hydrogens (tertiary/aromatic N) is 1. The fraction of sp³-hybridized carbons (Fsp3) is 0.500. The maximum absolute atomic E-state index is 12.7. The van der Waals surface area contributed by atoms with Gasteiger partial charge in [-0.15, -0.1) is 0 Å². The first-order chi connectivity index (χ1) is 9.02. The van der Waals surface area contributed by atoms with Crippen molar-refractivity contribution >= 4 is 5.91 Å². The van der Waals surface area contributed by atoms with Gasteiger partial charge in [0.15, 0.2) is 0 Å². The molecule has 0 saturated heterocycles. The van der Waals surface area contributed by atoms with Crippen molar-refractivity contribution in [1.82, 2.24) is 10.5 Å². The average Bonchev–Trinajstić information content (AvgIpc) is 2.95. The average molecular weight is 272 g/mol. The number of hydrogen-bond donors (Lipinski definition) is 2. The highest BCUT2D eigenvalue weighted by Gasteiger charge is 2.29. The maximum atomic E-state index is 12.7. The van der Waals surface area contributed by atoms with E-state index in [0.29, 0.717) is 6.42 Å². The molecule has 0 unspecified atom stereocenters. The number of rotatable bonds is 4. The van der Waals surface area contributed by atoms with E-state index in [1.165, 1.54) is 6.92 Å². The zero-order valence-corrected chi connectivity index (χ0v) is 10.3. The van der Waals surface area contributed by atoms with Crippen LogP contribution in [0.5, 0.6) is 0 Å². The number of aliphatic hydroxyl groups excluding tert-OH is 1. The molecule has 0 saturated carbocycles. The Bertz CT molecular complexity index is 499. The van der Waals surface area contributed by atoms with Gasteiger partial charge in [0.25, 0.3) is 12.3 Å². The molecule has 1 amide bonds. The van der Waals surface area contributed by atoms with Crippen molar-refractivity contribution < 1.29 is 23.2 Å². The predicted molar refractivity (Wildman–Crippen MR) is 61.8 cm³/mol. The normalized spacial score (nSPS) is 22.2. The van der Waals surface area contributed by atoms with Crippen molar-refractivity contribution in [1.29, 1.82) is 0 Å². The van der Waals surface area contributed by atoms with Crippen molar-refractivity contribution in [2.24, 2.45) is 5.92 Å². The van der Waals surface area contributed by atoms with Crippen LogP contribution < -0.4 is 5.32 Å². The fourth-order valence-electron chi connectivity index (χ4n) is 2.07. The Hall–Kier alpha value is -1.76. The lowest BCUT2D eigenvalue weighted by molar-refractivity contribution is 0.0898. The molecule has 2 N–H and O–H groups in total. The van der Waals surface area contributed by atoms with E-state index in [1.807, 2.05) is 0 Å². The monoisotopic (exact) mass is 272 g/mol. The Labute approximate surface area is 108 Å². The topological polar surface area (TPSA) is 75.4 Å². The van der Waals surface area contributed by atoms with Crippen molar-refractivity contribution in [2.75, 3.05) is 6.61 Å². The summed E-state index contributed by atoms with van der Waals surface area (Å²) in [4.78, 5) is 12.0. The van der Waals surface area contributed by atoms with Crippen molar-refractivity contribution in [3.8, 4) is 0 Å². The first-order valence-corrected chi connectivity index (χ1v) is 5.87. The molecule has 2 atom stereocenters. The molecule has 0 radical (unpaired) electrons. The van der Waals surface area contributed by atoms with Gasteiger partial charge in [0, 0.05) is 18.6 Å². The molecule has 2 rings (SSSR count). The van der Waals surface area contributed by atoms with Crippen molar-refractivity contribution in [3.63, 3.8) is 0 Å². The van der Waals surface area contributed by atoms with Gasteiger partial charge in [-0.05, 0) is 13.3 Å². The third kappa shape index (κ3) is 2.81. The van der Waals surface area contributed by atoms with Gasteiger partial charge in [-0.1, -0.05) is 17.3 Å².